The van der Waals surface area contributed by atoms with Crippen molar-refractivity contribution in [2.24, 2.45) is 0 Å². The number of aryl methyl sites for hydroxylation is 1. The van der Waals surface area contributed by atoms with Gasteiger partial charge in [-0.3, -0.25) is 4.57 Å². The third kappa shape index (κ3) is 4.54. The lowest BCUT2D eigenvalue weighted by Gasteiger charge is -2.15. The van der Waals surface area contributed by atoms with E-state index in [-0.39, 0.29) is 22.9 Å². The topological polar surface area (TPSA) is 38.0 Å². The average Bonchev–Trinajstić information content (AvgIpc) is 3.21. The molecule has 0 aliphatic rings. The lowest BCUT2D eigenvalue weighted by molar-refractivity contribution is -0.137. The molecule has 33 heavy (non-hydrogen) atoms. The molecule has 0 radical (unpaired) electrons. The molecule has 170 valence electrons. The third-order valence-corrected chi connectivity index (χ3v) is 5.44. The first-order valence-corrected chi connectivity index (χ1v) is 10.3. The van der Waals surface area contributed by atoms with E-state index in [0.29, 0.717) is 22.4 Å². The maximum atomic E-state index is 14.1. The zero-order valence-corrected chi connectivity index (χ0v) is 18.3. The average molecular weight is 454 g/mol. The molecule has 0 atom stereocenters. The lowest BCUT2D eigenvalue weighted by atomic mass is 10.0. The smallest absolute Gasteiger partial charge is 0.384 e. The second-order valence-electron chi connectivity index (χ2n) is 8.44. The predicted molar refractivity (Wildman–Crippen MR) is 119 cm³/mol. The van der Waals surface area contributed by atoms with Gasteiger partial charge in [-0.1, -0.05) is 42.5 Å². The molecule has 0 unspecified atom stereocenters. The van der Waals surface area contributed by atoms with Crippen LogP contribution < -0.4 is 0 Å². The third-order valence-electron chi connectivity index (χ3n) is 5.44. The van der Waals surface area contributed by atoms with Gasteiger partial charge in [0.15, 0.2) is 0 Å². The summed E-state index contributed by atoms with van der Waals surface area (Å²) in [4.78, 5) is 4.38. The SMILES string of the molecule is Cc1ccc(-c2cccc(-n3cc(C(C)(C)O)nc3-c3ccccc3C(F)(F)F)c2)cc1F. The molecule has 0 fully saturated rings. The van der Waals surface area contributed by atoms with Crippen LogP contribution in [0.25, 0.3) is 28.2 Å². The molecule has 3 aromatic carbocycles. The Labute approximate surface area is 189 Å². The summed E-state index contributed by atoms with van der Waals surface area (Å²) in [5, 5.41) is 10.5. The number of halogens is 4. The molecule has 4 rings (SSSR count). The number of hydrogen-bond acceptors (Lipinski definition) is 2. The monoisotopic (exact) mass is 454 g/mol. The summed E-state index contributed by atoms with van der Waals surface area (Å²) in [5.41, 5.74) is 0.309. The first kappa shape index (κ1) is 22.7. The molecule has 0 bridgehead atoms. The van der Waals surface area contributed by atoms with Crippen molar-refractivity contribution in [1.82, 2.24) is 9.55 Å². The first-order chi connectivity index (χ1) is 15.4. The highest BCUT2D eigenvalue weighted by molar-refractivity contribution is 5.69. The summed E-state index contributed by atoms with van der Waals surface area (Å²) in [7, 11) is 0. The van der Waals surface area contributed by atoms with Crippen LogP contribution in [0.2, 0.25) is 0 Å². The highest BCUT2D eigenvalue weighted by atomic mass is 19.4. The van der Waals surface area contributed by atoms with Gasteiger partial charge in [0.05, 0.1) is 11.3 Å². The minimum absolute atomic E-state index is 0.0484. The van der Waals surface area contributed by atoms with Gasteiger partial charge in [0.1, 0.15) is 17.2 Å². The Morgan fingerprint density at radius 2 is 1.58 bits per heavy atom. The van der Waals surface area contributed by atoms with E-state index < -0.39 is 17.3 Å². The van der Waals surface area contributed by atoms with E-state index in [2.05, 4.69) is 4.98 Å². The highest BCUT2D eigenvalue weighted by Gasteiger charge is 2.35. The van der Waals surface area contributed by atoms with Crippen LogP contribution in [0.1, 0.15) is 30.7 Å². The van der Waals surface area contributed by atoms with Crippen LogP contribution in [0.15, 0.2) is 72.9 Å². The number of aromatic nitrogens is 2. The van der Waals surface area contributed by atoms with Crippen molar-refractivity contribution in [2.75, 3.05) is 0 Å². The Hall–Kier alpha value is -3.45. The van der Waals surface area contributed by atoms with Gasteiger partial charge in [-0.15, -0.1) is 0 Å². The number of imidazole rings is 1. The van der Waals surface area contributed by atoms with Crippen LogP contribution in [0.3, 0.4) is 0 Å². The van der Waals surface area contributed by atoms with Crippen molar-refractivity contribution in [3.63, 3.8) is 0 Å². The molecule has 0 saturated carbocycles. The Bertz CT molecular complexity index is 1320. The van der Waals surface area contributed by atoms with Gasteiger partial charge in [-0.2, -0.15) is 13.2 Å². The van der Waals surface area contributed by atoms with Crippen molar-refractivity contribution >= 4 is 0 Å². The molecule has 0 aliphatic carbocycles. The molecule has 3 nitrogen and oxygen atoms in total. The van der Waals surface area contributed by atoms with Crippen molar-refractivity contribution in [3.05, 3.63) is 95.6 Å². The zero-order valence-electron chi connectivity index (χ0n) is 18.3. The van der Waals surface area contributed by atoms with Gasteiger partial charge in [0.25, 0.3) is 0 Å². The fourth-order valence-corrected chi connectivity index (χ4v) is 3.59. The van der Waals surface area contributed by atoms with Gasteiger partial charge >= 0.3 is 6.18 Å². The second-order valence-corrected chi connectivity index (χ2v) is 8.44. The Balaban J connectivity index is 1.93. The Morgan fingerprint density at radius 1 is 0.879 bits per heavy atom. The standard InChI is InChI=1S/C26H22F4N2O/c1-16-11-12-18(14-22(16)27)17-7-6-8-19(13-17)32-15-23(25(2,3)33)31-24(32)20-9-4-5-10-21(20)26(28,29)30/h4-15,33H,1-3H3. The van der Waals surface area contributed by atoms with Crippen LogP contribution >= 0.6 is 0 Å². The molecule has 7 heteroatoms. The minimum Gasteiger partial charge on any atom is -0.384 e. The van der Waals surface area contributed by atoms with Crippen LogP contribution in [0, 0.1) is 12.7 Å². The summed E-state index contributed by atoms with van der Waals surface area (Å²) >= 11 is 0. The minimum atomic E-state index is -4.58. The number of benzene rings is 3. The van der Waals surface area contributed by atoms with Crippen LogP contribution in [-0.2, 0) is 11.8 Å². The normalized spacial score (nSPS) is 12.2. The first-order valence-electron chi connectivity index (χ1n) is 10.3. The summed E-state index contributed by atoms with van der Waals surface area (Å²) in [6.45, 7) is 4.71. The molecule has 1 N–H and O–H groups in total. The molecule has 0 spiro atoms. The van der Waals surface area contributed by atoms with Crippen molar-refractivity contribution in [1.29, 1.82) is 0 Å². The van der Waals surface area contributed by atoms with Crippen molar-refractivity contribution < 1.29 is 22.7 Å². The van der Waals surface area contributed by atoms with Gasteiger partial charge in [0, 0.05) is 17.4 Å². The fourth-order valence-electron chi connectivity index (χ4n) is 3.59. The van der Waals surface area contributed by atoms with E-state index in [1.165, 1.54) is 48.9 Å². The van der Waals surface area contributed by atoms with Gasteiger partial charge < -0.3 is 5.11 Å². The van der Waals surface area contributed by atoms with Crippen LogP contribution in [0.4, 0.5) is 17.6 Å². The number of hydrogen-bond donors (Lipinski definition) is 1. The van der Waals surface area contributed by atoms with Crippen molar-refractivity contribution in [2.45, 2.75) is 32.5 Å². The molecule has 0 amide bonds. The van der Waals surface area contributed by atoms with E-state index in [1.807, 2.05) is 0 Å². The zero-order chi connectivity index (χ0) is 24.0. The number of alkyl halides is 3. The molecule has 1 heterocycles. The van der Waals surface area contributed by atoms with E-state index in [0.717, 1.165) is 6.07 Å². The largest absolute Gasteiger partial charge is 0.417 e. The molecule has 0 saturated heterocycles. The molecule has 1 aromatic heterocycles. The number of nitrogens with zero attached hydrogens (tertiary/aromatic N) is 2. The molecular formula is C26H22F4N2O. The quantitative estimate of drug-likeness (QED) is 0.341. The van der Waals surface area contributed by atoms with Crippen LogP contribution in [-0.4, -0.2) is 14.7 Å². The highest BCUT2D eigenvalue weighted by Crippen LogP contribution is 2.38. The maximum Gasteiger partial charge on any atom is 0.417 e. The summed E-state index contributed by atoms with van der Waals surface area (Å²) in [6.07, 6.45) is -3.05. The lowest BCUT2D eigenvalue weighted by Crippen LogP contribution is -2.15. The van der Waals surface area contributed by atoms with E-state index in [4.69, 9.17) is 0 Å². The second kappa shape index (κ2) is 8.15. The number of aliphatic hydroxyl groups is 1. The molecule has 0 aliphatic heterocycles. The van der Waals surface area contributed by atoms with E-state index >= 15 is 0 Å². The molecule has 4 aromatic rings. The van der Waals surface area contributed by atoms with Gasteiger partial charge in [0.2, 0.25) is 0 Å². The maximum absolute atomic E-state index is 14.1. The predicted octanol–water partition coefficient (Wildman–Crippen LogP) is 6.90. The van der Waals surface area contributed by atoms with Gasteiger partial charge in [-0.05, 0) is 61.7 Å². The Morgan fingerprint density at radius 3 is 2.24 bits per heavy atom. The fraction of sp³-hybridized carbons (Fsp3) is 0.192. The summed E-state index contributed by atoms with van der Waals surface area (Å²) < 4.78 is 56.9. The Kier molecular flexibility index (Phi) is 5.62. The number of rotatable bonds is 4. The van der Waals surface area contributed by atoms with Crippen LogP contribution in [0.5, 0.6) is 0 Å². The molecular weight excluding hydrogens is 432 g/mol. The van der Waals surface area contributed by atoms with E-state index in [1.54, 1.807) is 43.3 Å². The van der Waals surface area contributed by atoms with Crippen molar-refractivity contribution in [3.8, 4) is 28.2 Å². The summed E-state index contributed by atoms with van der Waals surface area (Å²) in [5.74, 6) is -0.295. The summed E-state index contributed by atoms with van der Waals surface area (Å²) in [6, 6.07) is 17.1. The van der Waals surface area contributed by atoms with E-state index in [9.17, 15) is 22.7 Å². The van der Waals surface area contributed by atoms with Gasteiger partial charge in [-0.25, -0.2) is 9.37 Å².